The number of hydrogen-bond donors (Lipinski definition) is 1. The number of aryl methyl sites for hydroxylation is 1. The summed E-state index contributed by atoms with van der Waals surface area (Å²) in [6, 6.07) is 8.65. The molecular weight excluding hydrogens is 352 g/mol. The van der Waals surface area contributed by atoms with Crippen molar-refractivity contribution >= 4 is 5.97 Å². The molecule has 0 radical (unpaired) electrons. The number of ether oxygens (including phenoxy) is 2. The van der Waals surface area contributed by atoms with Gasteiger partial charge in [-0.2, -0.15) is 0 Å². The zero-order chi connectivity index (χ0) is 21.4. The minimum Gasteiger partial charge on any atom is -0.463 e. The molecule has 0 fully saturated rings. The fourth-order valence-corrected chi connectivity index (χ4v) is 2.74. The van der Waals surface area contributed by atoms with Gasteiger partial charge in [0.05, 0.1) is 12.0 Å². The topological polar surface area (TPSA) is 55.8 Å². The fourth-order valence-electron chi connectivity index (χ4n) is 2.74. The molecule has 4 nitrogen and oxygen atoms in total. The van der Waals surface area contributed by atoms with E-state index < -0.39 is 11.7 Å². The van der Waals surface area contributed by atoms with Crippen LogP contribution in [0.4, 0.5) is 0 Å². The van der Waals surface area contributed by atoms with E-state index >= 15 is 0 Å². The Kier molecular flexibility index (Phi) is 9.65. The lowest BCUT2D eigenvalue weighted by Gasteiger charge is -2.29. The van der Waals surface area contributed by atoms with Gasteiger partial charge in [0.1, 0.15) is 6.61 Å². The standard InChI is InChI=1S/C24H40O4/c1-8-18(3)20-12-10-11-19(17-20)13-14-24(6,7)22(26)28-16-15-27-21(25)23(4,5)9-2/h10-12,17-18,21,25H,8-9,13-16H2,1-7H3. The summed E-state index contributed by atoms with van der Waals surface area (Å²) in [6.45, 7) is 14.5. The first kappa shape index (κ1) is 24.6. The first-order valence-corrected chi connectivity index (χ1v) is 10.6. The maximum atomic E-state index is 12.5. The number of esters is 1. The third-order valence-electron chi connectivity index (χ3n) is 5.90. The molecule has 0 aromatic heterocycles. The number of aliphatic hydroxyl groups excluding tert-OH is 1. The van der Waals surface area contributed by atoms with E-state index in [2.05, 4.69) is 38.1 Å². The molecule has 160 valence electrons. The summed E-state index contributed by atoms with van der Waals surface area (Å²) in [6.07, 6.45) is 2.63. The molecule has 0 spiro atoms. The van der Waals surface area contributed by atoms with Crippen molar-refractivity contribution in [3.63, 3.8) is 0 Å². The van der Waals surface area contributed by atoms with Gasteiger partial charge in [0, 0.05) is 5.41 Å². The zero-order valence-corrected chi connectivity index (χ0v) is 18.9. The lowest BCUT2D eigenvalue weighted by Crippen LogP contribution is -2.33. The number of aliphatic hydroxyl groups is 1. The predicted molar refractivity (Wildman–Crippen MR) is 114 cm³/mol. The van der Waals surface area contributed by atoms with Crippen LogP contribution in [0.25, 0.3) is 0 Å². The smallest absolute Gasteiger partial charge is 0.311 e. The minimum absolute atomic E-state index is 0.155. The van der Waals surface area contributed by atoms with Crippen molar-refractivity contribution in [1.82, 2.24) is 0 Å². The lowest BCUT2D eigenvalue weighted by atomic mass is 9.85. The number of rotatable bonds is 12. The highest BCUT2D eigenvalue weighted by molar-refractivity contribution is 5.75. The summed E-state index contributed by atoms with van der Waals surface area (Å²) < 4.78 is 10.8. The van der Waals surface area contributed by atoms with E-state index in [1.165, 1.54) is 11.1 Å². The van der Waals surface area contributed by atoms with E-state index in [1.807, 2.05) is 34.6 Å². The molecule has 0 heterocycles. The van der Waals surface area contributed by atoms with E-state index in [1.54, 1.807) is 0 Å². The van der Waals surface area contributed by atoms with Crippen LogP contribution in [-0.2, 0) is 20.7 Å². The summed E-state index contributed by atoms with van der Waals surface area (Å²) >= 11 is 0. The molecule has 2 unspecified atom stereocenters. The maximum absolute atomic E-state index is 12.5. The Hall–Kier alpha value is -1.39. The number of carbonyl (C=O) groups is 1. The van der Waals surface area contributed by atoms with Crippen molar-refractivity contribution in [2.24, 2.45) is 10.8 Å². The van der Waals surface area contributed by atoms with Crippen molar-refractivity contribution in [1.29, 1.82) is 0 Å². The van der Waals surface area contributed by atoms with Crippen LogP contribution in [0.5, 0.6) is 0 Å². The molecule has 0 aliphatic carbocycles. The molecule has 2 atom stereocenters. The second-order valence-electron chi connectivity index (χ2n) is 9.14. The molecule has 0 saturated heterocycles. The lowest BCUT2D eigenvalue weighted by molar-refractivity contribution is -0.180. The Morgan fingerprint density at radius 2 is 1.82 bits per heavy atom. The van der Waals surface area contributed by atoms with E-state index in [9.17, 15) is 9.90 Å². The Balaban J connectivity index is 2.46. The van der Waals surface area contributed by atoms with E-state index in [0.29, 0.717) is 5.92 Å². The van der Waals surface area contributed by atoms with E-state index in [4.69, 9.17) is 9.47 Å². The molecule has 4 heteroatoms. The van der Waals surface area contributed by atoms with Crippen LogP contribution < -0.4 is 0 Å². The average Bonchev–Trinajstić information content (AvgIpc) is 2.68. The Labute approximate surface area is 171 Å². The van der Waals surface area contributed by atoms with Gasteiger partial charge in [0.25, 0.3) is 0 Å². The second-order valence-corrected chi connectivity index (χ2v) is 9.14. The zero-order valence-electron chi connectivity index (χ0n) is 18.9. The monoisotopic (exact) mass is 392 g/mol. The first-order chi connectivity index (χ1) is 13.0. The van der Waals surface area contributed by atoms with Gasteiger partial charge in [-0.1, -0.05) is 58.9 Å². The van der Waals surface area contributed by atoms with Gasteiger partial charge in [-0.3, -0.25) is 4.79 Å². The van der Waals surface area contributed by atoms with Gasteiger partial charge >= 0.3 is 5.97 Å². The predicted octanol–water partition coefficient (Wildman–Crippen LogP) is 5.47. The Morgan fingerprint density at radius 3 is 2.43 bits per heavy atom. The van der Waals surface area contributed by atoms with Gasteiger partial charge < -0.3 is 14.6 Å². The molecular formula is C24H40O4. The maximum Gasteiger partial charge on any atom is 0.311 e. The molecule has 0 aliphatic rings. The third kappa shape index (κ3) is 7.56. The normalized spacial score (nSPS) is 14.6. The van der Waals surface area contributed by atoms with E-state index in [0.717, 1.165) is 25.7 Å². The van der Waals surface area contributed by atoms with Crippen LogP contribution in [0, 0.1) is 10.8 Å². The Bertz CT molecular complexity index is 606. The second kappa shape index (κ2) is 11.0. The van der Waals surface area contributed by atoms with Crippen molar-refractivity contribution < 1.29 is 19.4 Å². The molecule has 28 heavy (non-hydrogen) atoms. The molecule has 0 aliphatic heterocycles. The largest absolute Gasteiger partial charge is 0.463 e. The quantitative estimate of drug-likeness (QED) is 0.291. The highest BCUT2D eigenvalue weighted by atomic mass is 16.6. The molecule has 1 rings (SSSR count). The van der Waals surface area contributed by atoms with Crippen LogP contribution in [0.15, 0.2) is 24.3 Å². The summed E-state index contributed by atoms with van der Waals surface area (Å²) in [5.41, 5.74) is 1.74. The summed E-state index contributed by atoms with van der Waals surface area (Å²) in [7, 11) is 0. The highest BCUT2D eigenvalue weighted by Gasteiger charge is 2.30. The summed E-state index contributed by atoms with van der Waals surface area (Å²) in [4.78, 5) is 12.5. The number of hydrogen-bond acceptors (Lipinski definition) is 4. The first-order valence-electron chi connectivity index (χ1n) is 10.6. The molecule has 1 aromatic carbocycles. The fraction of sp³-hybridized carbons (Fsp3) is 0.708. The molecule has 1 N–H and O–H groups in total. The van der Waals surface area contributed by atoms with Gasteiger partial charge in [0.2, 0.25) is 0 Å². The van der Waals surface area contributed by atoms with Crippen molar-refractivity contribution in [2.45, 2.75) is 86.4 Å². The molecule has 0 amide bonds. The summed E-state index contributed by atoms with van der Waals surface area (Å²) in [5, 5.41) is 10.0. The van der Waals surface area contributed by atoms with Gasteiger partial charge in [0.15, 0.2) is 6.29 Å². The van der Waals surface area contributed by atoms with Crippen LogP contribution in [0.1, 0.15) is 84.8 Å². The average molecular weight is 393 g/mol. The molecule has 0 bridgehead atoms. The third-order valence-corrected chi connectivity index (χ3v) is 5.90. The molecule has 0 saturated carbocycles. The SMILES string of the molecule is CCC(C)c1cccc(CCC(C)(C)C(=O)OCCOC(O)C(C)(C)CC)c1. The summed E-state index contributed by atoms with van der Waals surface area (Å²) in [5.74, 6) is 0.324. The highest BCUT2D eigenvalue weighted by Crippen LogP contribution is 2.27. The van der Waals surface area contributed by atoms with Crippen LogP contribution in [0.2, 0.25) is 0 Å². The molecule has 1 aromatic rings. The van der Waals surface area contributed by atoms with Crippen LogP contribution in [0.3, 0.4) is 0 Å². The van der Waals surface area contributed by atoms with Crippen LogP contribution >= 0.6 is 0 Å². The minimum atomic E-state index is -0.859. The van der Waals surface area contributed by atoms with Crippen molar-refractivity contribution in [2.75, 3.05) is 13.2 Å². The van der Waals surface area contributed by atoms with Gasteiger partial charge in [-0.05, 0) is 56.6 Å². The number of carbonyl (C=O) groups excluding carboxylic acids is 1. The Morgan fingerprint density at radius 1 is 1.14 bits per heavy atom. The van der Waals surface area contributed by atoms with Crippen LogP contribution in [-0.4, -0.2) is 30.6 Å². The van der Waals surface area contributed by atoms with Crippen molar-refractivity contribution in [3.05, 3.63) is 35.4 Å². The number of benzene rings is 1. The van der Waals surface area contributed by atoms with Crippen molar-refractivity contribution in [3.8, 4) is 0 Å². The van der Waals surface area contributed by atoms with Gasteiger partial charge in [-0.25, -0.2) is 0 Å². The van der Waals surface area contributed by atoms with E-state index in [-0.39, 0.29) is 24.6 Å². The van der Waals surface area contributed by atoms with Gasteiger partial charge in [-0.15, -0.1) is 0 Å².